The van der Waals surface area contributed by atoms with E-state index in [1.165, 1.54) is 19.1 Å². The van der Waals surface area contributed by atoms with Gasteiger partial charge in [0.25, 0.3) is 0 Å². The Morgan fingerprint density at radius 3 is 2.64 bits per heavy atom. The highest BCUT2D eigenvalue weighted by molar-refractivity contribution is 6.06. The maximum atomic E-state index is 15.2. The van der Waals surface area contributed by atoms with Gasteiger partial charge in [0.1, 0.15) is 6.10 Å². The molecule has 0 saturated heterocycles. The molecule has 3 aromatic rings. The number of anilines is 1. The predicted molar refractivity (Wildman–Crippen MR) is 118 cm³/mol. The number of nitrogens with zero attached hydrogens (tertiary/aromatic N) is 2. The minimum Gasteiger partial charge on any atom is -0.454 e. The number of benzene rings is 2. The van der Waals surface area contributed by atoms with E-state index in [9.17, 15) is 9.59 Å². The van der Waals surface area contributed by atoms with E-state index in [1.54, 1.807) is 48.8 Å². The van der Waals surface area contributed by atoms with Crippen molar-refractivity contribution in [1.29, 1.82) is 0 Å². The van der Waals surface area contributed by atoms with Crippen LogP contribution < -0.4 is 4.90 Å². The smallest absolute Gasteiger partial charge is 0.352 e. The predicted octanol–water partition coefficient (Wildman–Crippen LogP) is 5.52. The van der Waals surface area contributed by atoms with E-state index in [0.717, 1.165) is 23.3 Å². The minimum atomic E-state index is -3.72. The summed E-state index contributed by atoms with van der Waals surface area (Å²) in [5, 5.41) is 0. The van der Waals surface area contributed by atoms with Crippen LogP contribution in [0.15, 0.2) is 67.0 Å². The number of halogens is 2. The number of hydrogen-bond acceptors (Lipinski definition) is 4. The van der Waals surface area contributed by atoms with E-state index in [-0.39, 0.29) is 17.8 Å². The number of rotatable bonds is 6. The van der Waals surface area contributed by atoms with Crippen molar-refractivity contribution in [3.8, 4) is 0 Å². The van der Waals surface area contributed by atoms with E-state index in [0.29, 0.717) is 17.0 Å². The first kappa shape index (κ1) is 21.2. The normalized spacial score (nSPS) is 17.5. The van der Waals surface area contributed by atoms with Gasteiger partial charge < -0.3 is 9.64 Å². The number of esters is 1. The third-order valence-corrected chi connectivity index (χ3v) is 6.13. The Labute approximate surface area is 190 Å². The van der Waals surface area contributed by atoms with Crippen LogP contribution in [-0.2, 0) is 22.0 Å². The first-order chi connectivity index (χ1) is 15.9. The van der Waals surface area contributed by atoms with Gasteiger partial charge in [-0.1, -0.05) is 36.4 Å². The highest BCUT2D eigenvalue weighted by atomic mass is 19.3. The summed E-state index contributed by atoms with van der Waals surface area (Å²) in [5.41, 5.74) is 1.93. The number of fused-ring (bicyclic) bond motifs is 1. The topological polar surface area (TPSA) is 59.5 Å². The molecule has 2 heterocycles. The van der Waals surface area contributed by atoms with Crippen molar-refractivity contribution in [2.75, 3.05) is 4.90 Å². The molecule has 5 rings (SSSR count). The van der Waals surface area contributed by atoms with Gasteiger partial charge in [0.05, 0.1) is 23.4 Å². The van der Waals surface area contributed by atoms with Crippen LogP contribution in [0, 0.1) is 0 Å². The highest BCUT2D eigenvalue weighted by Crippen LogP contribution is 2.48. The van der Waals surface area contributed by atoms with E-state index >= 15 is 8.78 Å². The molecule has 1 aromatic heterocycles. The Balaban J connectivity index is 1.45. The van der Waals surface area contributed by atoms with E-state index in [1.807, 2.05) is 6.07 Å². The Kier molecular flexibility index (Phi) is 5.19. The fourth-order valence-electron chi connectivity index (χ4n) is 4.29. The van der Waals surface area contributed by atoms with E-state index in [2.05, 4.69) is 4.98 Å². The third kappa shape index (κ3) is 3.88. The Morgan fingerprint density at radius 2 is 1.91 bits per heavy atom. The monoisotopic (exact) mass is 448 g/mol. The number of pyridine rings is 1. The molecule has 1 aliphatic heterocycles. The van der Waals surface area contributed by atoms with Gasteiger partial charge in [-0.25, -0.2) is 4.79 Å². The summed E-state index contributed by atoms with van der Waals surface area (Å²) in [4.78, 5) is 30.6. The van der Waals surface area contributed by atoms with Gasteiger partial charge in [0.2, 0.25) is 0 Å². The van der Waals surface area contributed by atoms with Crippen LogP contribution in [0.25, 0.3) is 0 Å². The second-order valence-corrected chi connectivity index (χ2v) is 8.52. The molecule has 0 radical (unpaired) electrons. The van der Waals surface area contributed by atoms with Crippen LogP contribution in [0.1, 0.15) is 64.4 Å². The quantitative estimate of drug-likeness (QED) is 0.466. The maximum Gasteiger partial charge on any atom is 0.352 e. The lowest BCUT2D eigenvalue weighted by molar-refractivity contribution is -0.141. The fourth-order valence-corrected chi connectivity index (χ4v) is 4.29. The Hall–Kier alpha value is -3.61. The first-order valence-electron chi connectivity index (χ1n) is 10.9. The average Bonchev–Trinajstić information content (AvgIpc) is 3.65. The minimum absolute atomic E-state index is 0.00335. The van der Waals surface area contributed by atoms with Crippen LogP contribution >= 0.6 is 0 Å². The number of amides is 1. The molecular weight excluding hydrogens is 426 g/mol. The summed E-state index contributed by atoms with van der Waals surface area (Å²) in [6.07, 6.45) is 4.61. The molecule has 0 N–H and O–H groups in total. The van der Waals surface area contributed by atoms with Gasteiger partial charge in [0.15, 0.2) is 0 Å². The molecule has 2 aromatic carbocycles. The van der Waals surface area contributed by atoms with Gasteiger partial charge in [-0.15, -0.1) is 0 Å². The summed E-state index contributed by atoms with van der Waals surface area (Å²) in [5.74, 6) is -5.16. The largest absolute Gasteiger partial charge is 0.454 e. The molecule has 2 aliphatic rings. The zero-order chi connectivity index (χ0) is 23.2. The average molecular weight is 448 g/mol. The molecule has 168 valence electrons. The number of alkyl halides is 2. The van der Waals surface area contributed by atoms with Gasteiger partial charge in [-0.2, -0.15) is 8.78 Å². The summed E-state index contributed by atoms with van der Waals surface area (Å²) in [6, 6.07) is 14.8. The molecule has 1 amide bonds. The fraction of sp³-hybridized carbons (Fsp3) is 0.269. The van der Waals surface area contributed by atoms with Gasteiger partial charge in [0, 0.05) is 18.0 Å². The second kappa shape index (κ2) is 8.06. The standard InChI is InChI=1S/C26H22F2N2O3/c1-16(33-24(31)19-6-3-2-4-7-19)21-8-5-9-22-23(21)26(27,28)25(32)30(22)15-17-12-20(14-29-13-17)18-10-11-18/h2-9,12-14,16,18H,10-11,15H2,1H3/t16-/m0/s1. The van der Waals surface area contributed by atoms with Gasteiger partial charge in [-0.05, 0) is 55.0 Å². The maximum absolute atomic E-state index is 15.2. The van der Waals surface area contributed by atoms with Crippen LogP contribution in [0.5, 0.6) is 0 Å². The lowest BCUT2D eigenvalue weighted by Crippen LogP contribution is -2.34. The second-order valence-electron chi connectivity index (χ2n) is 8.52. The number of aromatic nitrogens is 1. The molecule has 1 aliphatic carbocycles. The molecule has 33 heavy (non-hydrogen) atoms. The molecule has 1 atom stereocenters. The lowest BCUT2D eigenvalue weighted by Gasteiger charge is -2.19. The summed E-state index contributed by atoms with van der Waals surface area (Å²) in [6.45, 7) is 1.53. The number of carbonyl (C=O) groups is 2. The third-order valence-electron chi connectivity index (χ3n) is 6.13. The van der Waals surface area contributed by atoms with Crippen molar-refractivity contribution < 1.29 is 23.1 Å². The van der Waals surface area contributed by atoms with Gasteiger partial charge in [-0.3, -0.25) is 9.78 Å². The van der Waals surface area contributed by atoms with Crippen molar-refractivity contribution in [2.45, 2.75) is 44.3 Å². The van der Waals surface area contributed by atoms with Crippen molar-refractivity contribution >= 4 is 17.6 Å². The van der Waals surface area contributed by atoms with Crippen LogP contribution in [-0.4, -0.2) is 16.9 Å². The zero-order valence-corrected chi connectivity index (χ0v) is 18.0. The molecule has 1 fully saturated rings. The van der Waals surface area contributed by atoms with Gasteiger partial charge >= 0.3 is 17.8 Å². The first-order valence-corrected chi connectivity index (χ1v) is 10.9. The SMILES string of the molecule is C[C@H](OC(=O)c1ccccc1)c1cccc2c1C(F)(F)C(=O)N2Cc1cncc(C2CC2)c1. The Bertz CT molecular complexity index is 1230. The molecule has 1 saturated carbocycles. The molecule has 7 heteroatoms. The number of ether oxygens (including phenoxy) is 1. The highest BCUT2D eigenvalue weighted by Gasteiger charge is 2.54. The molecule has 5 nitrogen and oxygen atoms in total. The lowest BCUT2D eigenvalue weighted by atomic mass is 9.98. The summed E-state index contributed by atoms with van der Waals surface area (Å²) in [7, 11) is 0. The van der Waals surface area contributed by atoms with Crippen molar-refractivity contribution in [2.24, 2.45) is 0 Å². The summed E-state index contributed by atoms with van der Waals surface area (Å²) < 4.78 is 35.9. The molecule has 0 spiro atoms. The van der Waals surface area contributed by atoms with Crippen LogP contribution in [0.4, 0.5) is 14.5 Å². The van der Waals surface area contributed by atoms with E-state index in [4.69, 9.17) is 4.74 Å². The zero-order valence-electron chi connectivity index (χ0n) is 18.0. The summed E-state index contributed by atoms with van der Waals surface area (Å²) >= 11 is 0. The molecule has 0 unspecified atom stereocenters. The van der Waals surface area contributed by atoms with Crippen LogP contribution in [0.2, 0.25) is 0 Å². The molecular formula is C26H22F2N2O3. The number of hydrogen-bond donors (Lipinski definition) is 0. The van der Waals surface area contributed by atoms with Crippen molar-refractivity contribution in [1.82, 2.24) is 4.98 Å². The molecule has 0 bridgehead atoms. The Morgan fingerprint density at radius 1 is 1.15 bits per heavy atom. The van der Waals surface area contributed by atoms with Crippen molar-refractivity contribution in [3.63, 3.8) is 0 Å². The van der Waals surface area contributed by atoms with Crippen LogP contribution in [0.3, 0.4) is 0 Å². The van der Waals surface area contributed by atoms with E-state index < -0.39 is 29.5 Å². The van der Waals surface area contributed by atoms with Crippen molar-refractivity contribution in [3.05, 3.63) is 94.8 Å². The number of carbonyl (C=O) groups excluding carboxylic acids is 2.